The zero-order valence-electron chi connectivity index (χ0n) is 18.4. The second-order valence-corrected chi connectivity index (χ2v) is 8.19. The minimum Gasteiger partial charge on any atom is -0.454 e. The number of aromatic nitrogens is 2. The molecule has 3 heterocycles. The van der Waals surface area contributed by atoms with Gasteiger partial charge in [-0.1, -0.05) is 31.0 Å². The lowest BCUT2D eigenvalue weighted by atomic mass is 10.1. The second kappa shape index (κ2) is 9.73. The molecular weight excluding hydrogens is 416 g/mol. The summed E-state index contributed by atoms with van der Waals surface area (Å²) in [5, 5.41) is 11.7. The van der Waals surface area contributed by atoms with Crippen LogP contribution in [0.3, 0.4) is 0 Å². The third-order valence-corrected chi connectivity index (χ3v) is 5.85. The second-order valence-electron chi connectivity index (χ2n) is 8.19. The topological polar surface area (TPSA) is 76.6 Å². The lowest BCUT2D eigenvalue weighted by Crippen LogP contribution is -2.25. The molecule has 0 spiro atoms. The molecule has 2 aliphatic rings. The molecule has 5 rings (SSSR count). The van der Waals surface area contributed by atoms with Crippen molar-refractivity contribution in [3.63, 3.8) is 0 Å². The molecular formula is C26H26N4O3. The maximum Gasteiger partial charge on any atom is 0.248 e. The van der Waals surface area contributed by atoms with Gasteiger partial charge in [0.25, 0.3) is 0 Å². The Kier molecular flexibility index (Phi) is 6.19. The minimum absolute atomic E-state index is 0.206. The monoisotopic (exact) mass is 442 g/mol. The number of ether oxygens (including phenoxy) is 2. The van der Waals surface area contributed by atoms with E-state index < -0.39 is 0 Å². The summed E-state index contributed by atoms with van der Waals surface area (Å²) in [5.74, 6) is 2.15. The van der Waals surface area contributed by atoms with Gasteiger partial charge in [-0.05, 0) is 60.9 Å². The van der Waals surface area contributed by atoms with E-state index in [9.17, 15) is 4.79 Å². The number of hydrogen-bond acceptors (Lipinski definition) is 6. The van der Waals surface area contributed by atoms with Gasteiger partial charge in [0.15, 0.2) is 17.3 Å². The first-order valence-electron chi connectivity index (χ1n) is 11.3. The van der Waals surface area contributed by atoms with Gasteiger partial charge in [-0.25, -0.2) is 0 Å². The predicted molar refractivity (Wildman–Crippen MR) is 128 cm³/mol. The van der Waals surface area contributed by atoms with Gasteiger partial charge in [0.05, 0.1) is 5.69 Å². The van der Waals surface area contributed by atoms with Crippen molar-refractivity contribution in [1.82, 2.24) is 10.2 Å². The number of fused-ring (bicyclic) bond motifs is 1. The van der Waals surface area contributed by atoms with Gasteiger partial charge < -0.3 is 19.7 Å². The average molecular weight is 443 g/mol. The van der Waals surface area contributed by atoms with Crippen LogP contribution in [0.5, 0.6) is 11.5 Å². The van der Waals surface area contributed by atoms with E-state index in [0.717, 1.165) is 41.5 Å². The highest BCUT2D eigenvalue weighted by Gasteiger charge is 2.13. The number of carbonyl (C=O) groups is 1. The summed E-state index contributed by atoms with van der Waals surface area (Å²) in [6.07, 6.45) is 8.24. The average Bonchev–Trinajstić information content (AvgIpc) is 3.15. The molecule has 1 fully saturated rings. The first kappa shape index (κ1) is 21.0. The van der Waals surface area contributed by atoms with Crippen LogP contribution in [-0.2, 0) is 4.79 Å². The molecule has 1 saturated heterocycles. The highest BCUT2D eigenvalue weighted by Crippen LogP contribution is 2.32. The molecule has 0 saturated carbocycles. The Bertz CT molecular complexity index is 1140. The molecule has 0 radical (unpaired) electrons. The van der Waals surface area contributed by atoms with E-state index in [2.05, 4.69) is 20.4 Å². The summed E-state index contributed by atoms with van der Waals surface area (Å²) in [6.45, 7) is 2.32. The van der Waals surface area contributed by atoms with E-state index in [0.29, 0.717) is 11.4 Å². The van der Waals surface area contributed by atoms with Gasteiger partial charge in [-0.3, -0.25) is 4.79 Å². The lowest BCUT2D eigenvalue weighted by molar-refractivity contribution is -0.111. The van der Waals surface area contributed by atoms with Crippen LogP contribution in [0, 0.1) is 0 Å². The molecule has 0 unspecified atom stereocenters. The number of anilines is 2. The van der Waals surface area contributed by atoms with E-state index in [-0.39, 0.29) is 12.7 Å². The Hall–Kier alpha value is -3.87. The summed E-state index contributed by atoms with van der Waals surface area (Å²) in [5.41, 5.74) is 3.35. The van der Waals surface area contributed by atoms with Crippen molar-refractivity contribution in [2.24, 2.45) is 0 Å². The van der Waals surface area contributed by atoms with E-state index in [1.54, 1.807) is 6.08 Å². The highest BCUT2D eigenvalue weighted by molar-refractivity contribution is 6.02. The van der Waals surface area contributed by atoms with E-state index in [1.165, 1.54) is 31.8 Å². The van der Waals surface area contributed by atoms with Crippen molar-refractivity contribution in [3.8, 4) is 22.8 Å². The summed E-state index contributed by atoms with van der Waals surface area (Å²) in [6, 6.07) is 17.2. The fraction of sp³-hybridized carbons (Fsp3) is 0.269. The number of rotatable bonds is 5. The van der Waals surface area contributed by atoms with Crippen molar-refractivity contribution >= 4 is 23.5 Å². The molecule has 7 nitrogen and oxygen atoms in total. The molecule has 33 heavy (non-hydrogen) atoms. The number of nitrogens with zero attached hydrogens (tertiary/aromatic N) is 3. The molecule has 3 aromatic rings. The first-order chi connectivity index (χ1) is 16.2. The minimum atomic E-state index is -0.206. The Balaban J connectivity index is 1.19. The quantitative estimate of drug-likeness (QED) is 0.566. The zero-order valence-corrected chi connectivity index (χ0v) is 18.4. The number of nitrogens with one attached hydrogen (secondary N) is 1. The van der Waals surface area contributed by atoms with Crippen LogP contribution in [0.2, 0.25) is 0 Å². The van der Waals surface area contributed by atoms with Crippen LogP contribution in [0.15, 0.2) is 60.7 Å². The molecule has 0 bridgehead atoms. The van der Waals surface area contributed by atoms with Crippen LogP contribution in [0.4, 0.5) is 11.5 Å². The van der Waals surface area contributed by atoms with Crippen molar-refractivity contribution < 1.29 is 14.3 Å². The van der Waals surface area contributed by atoms with Crippen molar-refractivity contribution in [1.29, 1.82) is 0 Å². The highest BCUT2D eigenvalue weighted by atomic mass is 16.7. The summed E-state index contributed by atoms with van der Waals surface area (Å²) < 4.78 is 10.7. The largest absolute Gasteiger partial charge is 0.454 e. The van der Waals surface area contributed by atoms with Gasteiger partial charge in [-0.2, -0.15) is 0 Å². The van der Waals surface area contributed by atoms with E-state index in [4.69, 9.17) is 9.47 Å². The summed E-state index contributed by atoms with van der Waals surface area (Å²) in [4.78, 5) is 14.6. The summed E-state index contributed by atoms with van der Waals surface area (Å²) >= 11 is 0. The Morgan fingerprint density at radius 3 is 2.42 bits per heavy atom. The standard InChI is InChI=1S/C26H26N4O3/c31-26(14-6-19-5-12-23-24(17-19)33-18-32-23)27-21-9-7-20(8-10-21)22-11-13-25(29-28-22)30-15-3-1-2-4-16-30/h5-14,17H,1-4,15-16,18H2,(H,27,31)/b14-6+. The number of hydrogen-bond donors (Lipinski definition) is 1. The SMILES string of the molecule is O=C(/C=C/c1ccc2c(c1)OCO2)Nc1ccc(-c2ccc(N3CCCCCC3)nn2)cc1. The maximum absolute atomic E-state index is 12.3. The number of benzene rings is 2. The van der Waals surface area contributed by atoms with Gasteiger partial charge in [-0.15, -0.1) is 10.2 Å². The normalized spacial score (nSPS) is 15.5. The van der Waals surface area contributed by atoms with Crippen LogP contribution < -0.4 is 19.7 Å². The third kappa shape index (κ3) is 5.14. The Morgan fingerprint density at radius 2 is 1.67 bits per heavy atom. The third-order valence-electron chi connectivity index (χ3n) is 5.85. The molecule has 0 atom stereocenters. The predicted octanol–water partition coefficient (Wildman–Crippen LogP) is 4.90. The van der Waals surface area contributed by atoms with Crippen LogP contribution in [0.1, 0.15) is 31.2 Å². The van der Waals surface area contributed by atoms with Crippen LogP contribution in [0.25, 0.3) is 17.3 Å². The molecule has 1 aromatic heterocycles. The summed E-state index contributed by atoms with van der Waals surface area (Å²) in [7, 11) is 0. The molecule has 1 N–H and O–H groups in total. The molecule has 168 valence electrons. The van der Waals surface area contributed by atoms with Crippen LogP contribution in [-0.4, -0.2) is 36.0 Å². The first-order valence-corrected chi connectivity index (χ1v) is 11.3. The molecule has 0 aliphatic carbocycles. The number of amides is 1. The number of carbonyl (C=O) groups excluding carboxylic acids is 1. The Morgan fingerprint density at radius 1 is 0.879 bits per heavy atom. The fourth-order valence-electron chi connectivity index (χ4n) is 4.04. The molecule has 7 heteroatoms. The van der Waals surface area contributed by atoms with Crippen molar-refractivity contribution in [2.45, 2.75) is 25.7 Å². The van der Waals surface area contributed by atoms with Gasteiger partial charge in [0.2, 0.25) is 12.7 Å². The smallest absolute Gasteiger partial charge is 0.248 e. The fourth-order valence-corrected chi connectivity index (χ4v) is 4.04. The van der Waals surface area contributed by atoms with Gasteiger partial charge in [0.1, 0.15) is 0 Å². The van der Waals surface area contributed by atoms with Crippen molar-refractivity contribution in [3.05, 3.63) is 66.2 Å². The van der Waals surface area contributed by atoms with Gasteiger partial charge >= 0.3 is 0 Å². The van der Waals surface area contributed by atoms with Crippen molar-refractivity contribution in [2.75, 3.05) is 30.1 Å². The molecule has 2 aromatic carbocycles. The van der Waals surface area contributed by atoms with E-state index in [1.807, 2.05) is 54.6 Å². The molecule has 2 aliphatic heterocycles. The van der Waals surface area contributed by atoms with E-state index >= 15 is 0 Å². The Labute approximate surface area is 193 Å². The zero-order chi connectivity index (χ0) is 22.5. The lowest BCUT2D eigenvalue weighted by Gasteiger charge is -2.20. The maximum atomic E-state index is 12.3. The van der Waals surface area contributed by atoms with Gasteiger partial charge in [0, 0.05) is 30.4 Å². The van der Waals surface area contributed by atoms with Crippen LogP contribution >= 0.6 is 0 Å². The molecule has 1 amide bonds.